The van der Waals surface area contributed by atoms with Crippen molar-refractivity contribution in [1.29, 1.82) is 0 Å². The number of unbranched alkanes of at least 4 members (excludes halogenated alkanes) is 1. The van der Waals surface area contributed by atoms with E-state index in [1.807, 2.05) is 6.92 Å². The van der Waals surface area contributed by atoms with Gasteiger partial charge in [-0.1, -0.05) is 13.3 Å². The minimum absolute atomic E-state index is 0.243. The van der Waals surface area contributed by atoms with Gasteiger partial charge in [-0.25, -0.2) is 9.59 Å². The van der Waals surface area contributed by atoms with E-state index >= 15 is 0 Å². The van der Waals surface area contributed by atoms with Crippen molar-refractivity contribution in [3.8, 4) is 0 Å². The molecule has 0 aromatic carbocycles. The monoisotopic (exact) mass is 216 g/mol. The molecule has 2 N–H and O–H groups in total. The number of hydrogen-bond donors (Lipinski definition) is 2. The van der Waals surface area contributed by atoms with Crippen LogP contribution in [0.15, 0.2) is 12.2 Å². The lowest BCUT2D eigenvalue weighted by Gasteiger charge is -2.13. The zero-order valence-electron chi connectivity index (χ0n) is 8.68. The summed E-state index contributed by atoms with van der Waals surface area (Å²) in [6.07, 6.45) is 3.36. The van der Waals surface area contributed by atoms with E-state index in [0.717, 1.165) is 18.9 Å². The molecule has 0 saturated heterocycles. The molecule has 0 amide bonds. The minimum Gasteiger partial charge on any atom is -0.478 e. The second-order valence-electron chi connectivity index (χ2n) is 3.06. The summed E-state index contributed by atoms with van der Waals surface area (Å²) in [4.78, 5) is 21.1. The van der Waals surface area contributed by atoms with Crippen LogP contribution in [-0.4, -0.2) is 34.9 Å². The molecule has 1 unspecified atom stereocenters. The predicted octanol–water partition coefficient (Wildman–Crippen LogP) is 0.721. The molecule has 0 rings (SSSR count). The van der Waals surface area contributed by atoms with E-state index in [-0.39, 0.29) is 6.61 Å². The van der Waals surface area contributed by atoms with Gasteiger partial charge in [0, 0.05) is 12.2 Å². The number of carboxylic acid groups (broad SMARTS) is 1. The van der Waals surface area contributed by atoms with Crippen LogP contribution in [-0.2, 0) is 14.3 Å². The van der Waals surface area contributed by atoms with E-state index in [1.165, 1.54) is 0 Å². The molecular weight excluding hydrogens is 200 g/mol. The van der Waals surface area contributed by atoms with Crippen molar-refractivity contribution in [2.24, 2.45) is 0 Å². The molecule has 5 heteroatoms. The average Bonchev–Trinajstić information content (AvgIpc) is 2.21. The summed E-state index contributed by atoms with van der Waals surface area (Å²) in [7, 11) is 0. The van der Waals surface area contributed by atoms with E-state index in [9.17, 15) is 9.59 Å². The van der Waals surface area contributed by atoms with Crippen molar-refractivity contribution in [3.05, 3.63) is 12.2 Å². The number of carbonyl (C=O) groups is 2. The molecular formula is C10H16O5. The third-order valence-electron chi connectivity index (χ3n) is 1.73. The highest BCUT2D eigenvalue weighted by Crippen LogP contribution is 2.04. The Bertz CT molecular complexity index is 234. The first-order chi connectivity index (χ1) is 7.10. The fraction of sp³-hybridized carbons (Fsp3) is 0.600. The molecule has 0 heterocycles. The van der Waals surface area contributed by atoms with Gasteiger partial charge in [-0.3, -0.25) is 0 Å². The lowest BCUT2D eigenvalue weighted by molar-refractivity contribution is -0.145. The SMILES string of the molecule is CCCCC(CO)OC(=O)C=CC(=O)O. The van der Waals surface area contributed by atoms with Gasteiger partial charge in [0.1, 0.15) is 6.10 Å². The van der Waals surface area contributed by atoms with Crippen LogP contribution in [0, 0.1) is 0 Å². The Labute approximate surface area is 88.4 Å². The number of hydrogen-bond acceptors (Lipinski definition) is 4. The topological polar surface area (TPSA) is 83.8 Å². The van der Waals surface area contributed by atoms with E-state index in [4.69, 9.17) is 14.9 Å². The number of aliphatic hydroxyl groups excluding tert-OH is 1. The van der Waals surface area contributed by atoms with Crippen LogP contribution in [0.2, 0.25) is 0 Å². The molecule has 1 atom stereocenters. The zero-order valence-corrected chi connectivity index (χ0v) is 8.68. The van der Waals surface area contributed by atoms with Crippen molar-refractivity contribution in [2.45, 2.75) is 32.3 Å². The van der Waals surface area contributed by atoms with Gasteiger partial charge < -0.3 is 14.9 Å². The van der Waals surface area contributed by atoms with E-state index in [0.29, 0.717) is 12.5 Å². The summed E-state index contributed by atoms with van der Waals surface area (Å²) < 4.78 is 4.81. The molecule has 0 radical (unpaired) electrons. The maximum atomic E-state index is 11.0. The maximum Gasteiger partial charge on any atom is 0.331 e. The number of carboxylic acids is 1. The number of carbonyl (C=O) groups excluding carboxylic acids is 1. The number of ether oxygens (including phenoxy) is 1. The molecule has 0 spiro atoms. The van der Waals surface area contributed by atoms with Crippen molar-refractivity contribution < 1.29 is 24.5 Å². The smallest absolute Gasteiger partial charge is 0.331 e. The number of esters is 1. The van der Waals surface area contributed by atoms with Gasteiger partial charge in [-0.05, 0) is 12.8 Å². The molecule has 15 heavy (non-hydrogen) atoms. The molecule has 0 aromatic rings. The Hall–Kier alpha value is -1.36. The molecule has 5 nitrogen and oxygen atoms in total. The van der Waals surface area contributed by atoms with E-state index < -0.39 is 18.0 Å². The molecule has 0 aliphatic heterocycles. The summed E-state index contributed by atoms with van der Waals surface area (Å²) >= 11 is 0. The number of aliphatic hydroxyl groups is 1. The average molecular weight is 216 g/mol. The van der Waals surface area contributed by atoms with Gasteiger partial charge >= 0.3 is 11.9 Å². The normalized spacial score (nSPS) is 12.7. The second kappa shape index (κ2) is 7.99. The highest BCUT2D eigenvalue weighted by atomic mass is 16.5. The van der Waals surface area contributed by atoms with Gasteiger partial charge in [0.05, 0.1) is 6.61 Å². The van der Waals surface area contributed by atoms with E-state index in [1.54, 1.807) is 0 Å². The molecule has 0 aliphatic carbocycles. The van der Waals surface area contributed by atoms with Gasteiger partial charge in [-0.15, -0.1) is 0 Å². The lowest BCUT2D eigenvalue weighted by atomic mass is 10.2. The number of aliphatic carboxylic acids is 1. The third kappa shape index (κ3) is 7.69. The highest BCUT2D eigenvalue weighted by Gasteiger charge is 2.10. The molecule has 0 bridgehead atoms. The summed E-state index contributed by atoms with van der Waals surface area (Å²) in [5, 5.41) is 17.1. The van der Waals surface area contributed by atoms with Crippen LogP contribution >= 0.6 is 0 Å². The summed E-state index contributed by atoms with van der Waals surface area (Å²) in [5.74, 6) is -1.95. The Morgan fingerprint density at radius 1 is 1.40 bits per heavy atom. The zero-order chi connectivity index (χ0) is 11.7. The third-order valence-corrected chi connectivity index (χ3v) is 1.73. The standard InChI is InChI=1S/C10H16O5/c1-2-3-4-8(7-11)15-10(14)6-5-9(12)13/h5-6,8,11H,2-4,7H2,1H3,(H,12,13). The van der Waals surface area contributed by atoms with Crippen molar-refractivity contribution in [1.82, 2.24) is 0 Å². The Kier molecular flexibility index (Phi) is 7.27. The fourth-order valence-corrected chi connectivity index (χ4v) is 0.962. The number of rotatable bonds is 7. The molecule has 0 aromatic heterocycles. The van der Waals surface area contributed by atoms with Crippen LogP contribution in [0.1, 0.15) is 26.2 Å². The second-order valence-corrected chi connectivity index (χ2v) is 3.06. The van der Waals surface area contributed by atoms with Gasteiger partial charge in [0.25, 0.3) is 0 Å². The van der Waals surface area contributed by atoms with Crippen molar-refractivity contribution in [2.75, 3.05) is 6.61 Å². The largest absolute Gasteiger partial charge is 0.478 e. The first-order valence-electron chi connectivity index (χ1n) is 4.82. The summed E-state index contributed by atoms with van der Waals surface area (Å²) in [5.41, 5.74) is 0. The van der Waals surface area contributed by atoms with Crippen LogP contribution in [0.25, 0.3) is 0 Å². The van der Waals surface area contributed by atoms with Gasteiger partial charge in [-0.2, -0.15) is 0 Å². The van der Waals surface area contributed by atoms with Gasteiger partial charge in [0.2, 0.25) is 0 Å². The van der Waals surface area contributed by atoms with Crippen LogP contribution in [0.4, 0.5) is 0 Å². The first kappa shape index (κ1) is 13.6. The fourth-order valence-electron chi connectivity index (χ4n) is 0.962. The van der Waals surface area contributed by atoms with Crippen LogP contribution < -0.4 is 0 Å². The summed E-state index contributed by atoms with van der Waals surface area (Å²) in [6, 6.07) is 0. The summed E-state index contributed by atoms with van der Waals surface area (Å²) in [6.45, 7) is 1.74. The quantitative estimate of drug-likeness (QED) is 0.484. The highest BCUT2D eigenvalue weighted by molar-refractivity contribution is 5.90. The Morgan fingerprint density at radius 3 is 2.53 bits per heavy atom. The maximum absolute atomic E-state index is 11.0. The molecule has 86 valence electrons. The van der Waals surface area contributed by atoms with Crippen LogP contribution in [0.5, 0.6) is 0 Å². The molecule has 0 fully saturated rings. The lowest BCUT2D eigenvalue weighted by Crippen LogP contribution is -2.20. The Morgan fingerprint density at radius 2 is 2.07 bits per heavy atom. The van der Waals surface area contributed by atoms with Crippen molar-refractivity contribution in [3.63, 3.8) is 0 Å². The molecule has 0 saturated carbocycles. The van der Waals surface area contributed by atoms with E-state index in [2.05, 4.69) is 0 Å². The van der Waals surface area contributed by atoms with Crippen LogP contribution in [0.3, 0.4) is 0 Å². The first-order valence-corrected chi connectivity index (χ1v) is 4.82. The van der Waals surface area contributed by atoms with Gasteiger partial charge in [0.15, 0.2) is 0 Å². The molecule has 0 aliphatic rings. The van der Waals surface area contributed by atoms with Crippen molar-refractivity contribution >= 4 is 11.9 Å². The minimum atomic E-state index is -1.21. The Balaban J connectivity index is 3.95. The predicted molar refractivity (Wildman–Crippen MR) is 53.3 cm³/mol.